The van der Waals surface area contributed by atoms with Crippen molar-refractivity contribution in [2.45, 2.75) is 34.1 Å². The predicted octanol–water partition coefficient (Wildman–Crippen LogP) is 1.32. The van der Waals surface area contributed by atoms with Gasteiger partial charge in [0, 0.05) is 26.7 Å². The van der Waals surface area contributed by atoms with Crippen molar-refractivity contribution in [3.8, 4) is 0 Å². The van der Waals surface area contributed by atoms with Gasteiger partial charge in [-0.3, -0.25) is 18.7 Å². The van der Waals surface area contributed by atoms with E-state index in [9.17, 15) is 14.4 Å². The number of hydrogen-bond acceptors (Lipinski definition) is 4. The van der Waals surface area contributed by atoms with Crippen molar-refractivity contribution >= 4 is 22.6 Å². The molecule has 7 nitrogen and oxygen atoms in total. The fraction of sp³-hybridized carbons (Fsp3) is 0.500. The molecular formula is C16H22N4O3. The SMILES string of the molecule is Cc1cnc2c(c1NC(=O)CC(C)(C)C)c(=O)n(C)c(=O)n2C. The number of anilines is 1. The molecule has 1 N–H and O–H groups in total. The smallest absolute Gasteiger partial charge is 0.325 e. The number of amides is 1. The molecule has 0 spiro atoms. The van der Waals surface area contributed by atoms with Crippen LogP contribution in [0.4, 0.5) is 5.69 Å². The second-order valence-corrected chi connectivity index (χ2v) is 7.01. The molecule has 0 saturated carbocycles. The van der Waals surface area contributed by atoms with E-state index in [1.165, 1.54) is 11.6 Å². The number of hydrogen-bond donors (Lipinski definition) is 1. The van der Waals surface area contributed by atoms with Crippen LogP contribution in [0.25, 0.3) is 11.0 Å². The molecule has 0 atom stereocenters. The Hall–Kier alpha value is -2.44. The molecule has 0 unspecified atom stereocenters. The number of pyridine rings is 1. The first-order valence-corrected chi connectivity index (χ1v) is 7.38. The Morgan fingerprint density at radius 3 is 2.39 bits per heavy atom. The maximum absolute atomic E-state index is 12.5. The van der Waals surface area contributed by atoms with Gasteiger partial charge < -0.3 is 5.32 Å². The summed E-state index contributed by atoms with van der Waals surface area (Å²) in [5.41, 5.74) is 0.264. The van der Waals surface area contributed by atoms with Crippen LogP contribution in [0.2, 0.25) is 0 Å². The average Bonchev–Trinajstić information content (AvgIpc) is 2.43. The molecule has 0 aliphatic rings. The zero-order valence-corrected chi connectivity index (χ0v) is 14.4. The van der Waals surface area contributed by atoms with Gasteiger partial charge in [0.25, 0.3) is 5.56 Å². The monoisotopic (exact) mass is 318 g/mol. The first-order chi connectivity index (χ1) is 10.5. The van der Waals surface area contributed by atoms with E-state index in [0.717, 1.165) is 4.57 Å². The number of rotatable bonds is 2. The number of nitrogens with zero attached hydrogens (tertiary/aromatic N) is 3. The van der Waals surface area contributed by atoms with E-state index in [2.05, 4.69) is 10.3 Å². The van der Waals surface area contributed by atoms with Crippen LogP contribution in [0.3, 0.4) is 0 Å². The van der Waals surface area contributed by atoms with E-state index in [1.54, 1.807) is 20.2 Å². The second-order valence-electron chi connectivity index (χ2n) is 7.01. The van der Waals surface area contributed by atoms with E-state index < -0.39 is 11.2 Å². The second kappa shape index (κ2) is 5.64. The summed E-state index contributed by atoms with van der Waals surface area (Å²) in [5.74, 6) is -0.177. The van der Waals surface area contributed by atoms with Crippen LogP contribution in [-0.2, 0) is 18.9 Å². The van der Waals surface area contributed by atoms with Crippen molar-refractivity contribution in [3.05, 3.63) is 32.6 Å². The van der Waals surface area contributed by atoms with Crippen LogP contribution >= 0.6 is 0 Å². The minimum Gasteiger partial charge on any atom is -0.325 e. The maximum atomic E-state index is 12.5. The lowest BCUT2D eigenvalue weighted by Crippen LogP contribution is -2.38. The molecule has 2 aromatic heterocycles. The topological polar surface area (TPSA) is 86.0 Å². The summed E-state index contributed by atoms with van der Waals surface area (Å²) >= 11 is 0. The highest BCUT2D eigenvalue weighted by Crippen LogP contribution is 2.24. The lowest BCUT2D eigenvalue weighted by molar-refractivity contribution is -0.117. The molecule has 0 radical (unpaired) electrons. The van der Waals surface area contributed by atoms with Gasteiger partial charge in [-0.2, -0.15) is 0 Å². The summed E-state index contributed by atoms with van der Waals surface area (Å²) in [6.07, 6.45) is 1.87. The maximum Gasteiger partial charge on any atom is 0.332 e. The number of aromatic nitrogens is 3. The molecule has 0 aromatic carbocycles. The van der Waals surface area contributed by atoms with Gasteiger partial charge in [0.05, 0.1) is 5.69 Å². The third-order valence-corrected chi connectivity index (χ3v) is 3.61. The summed E-state index contributed by atoms with van der Waals surface area (Å²) in [5, 5.41) is 3.06. The third-order valence-electron chi connectivity index (χ3n) is 3.61. The Bertz CT molecular complexity index is 901. The number of fused-ring (bicyclic) bond motifs is 1. The zero-order valence-electron chi connectivity index (χ0n) is 14.4. The van der Waals surface area contributed by atoms with Gasteiger partial charge in [0.15, 0.2) is 5.65 Å². The molecule has 0 aliphatic heterocycles. The largest absolute Gasteiger partial charge is 0.332 e. The van der Waals surface area contributed by atoms with Crippen molar-refractivity contribution in [2.24, 2.45) is 19.5 Å². The Morgan fingerprint density at radius 2 is 1.83 bits per heavy atom. The van der Waals surface area contributed by atoms with E-state index in [1.807, 2.05) is 20.8 Å². The fourth-order valence-corrected chi connectivity index (χ4v) is 2.45. The fourth-order valence-electron chi connectivity index (χ4n) is 2.45. The first-order valence-electron chi connectivity index (χ1n) is 7.38. The standard InChI is InChI=1S/C16H22N4O3/c1-9-8-17-13-11(14(22)20(6)15(23)19(13)5)12(9)18-10(21)7-16(2,3)4/h8H,7H2,1-6H3,(H,17,18,21). The molecular weight excluding hydrogens is 296 g/mol. The highest BCUT2D eigenvalue weighted by atomic mass is 16.2. The van der Waals surface area contributed by atoms with Gasteiger partial charge in [-0.15, -0.1) is 0 Å². The van der Waals surface area contributed by atoms with Crippen molar-refractivity contribution in [3.63, 3.8) is 0 Å². The van der Waals surface area contributed by atoms with Crippen LogP contribution in [0, 0.1) is 12.3 Å². The van der Waals surface area contributed by atoms with Gasteiger partial charge in [0.1, 0.15) is 5.39 Å². The highest BCUT2D eigenvalue weighted by molar-refractivity contribution is 6.01. The van der Waals surface area contributed by atoms with Crippen molar-refractivity contribution in [1.29, 1.82) is 0 Å². The number of carbonyl (C=O) groups excluding carboxylic acids is 1. The minimum absolute atomic E-state index is 0.168. The molecule has 0 aliphatic carbocycles. The van der Waals surface area contributed by atoms with Crippen molar-refractivity contribution in [1.82, 2.24) is 14.1 Å². The lowest BCUT2D eigenvalue weighted by Gasteiger charge is -2.19. The van der Waals surface area contributed by atoms with Gasteiger partial charge in [-0.25, -0.2) is 9.78 Å². The number of aryl methyl sites for hydroxylation is 2. The molecule has 2 rings (SSSR count). The summed E-state index contributed by atoms with van der Waals surface area (Å²) in [4.78, 5) is 41.0. The van der Waals surface area contributed by atoms with Gasteiger partial charge in [-0.05, 0) is 17.9 Å². The molecule has 23 heavy (non-hydrogen) atoms. The minimum atomic E-state index is -0.467. The van der Waals surface area contributed by atoms with E-state index in [4.69, 9.17) is 0 Å². The summed E-state index contributed by atoms with van der Waals surface area (Å²) in [6.45, 7) is 7.66. The zero-order chi connectivity index (χ0) is 17.5. The van der Waals surface area contributed by atoms with Crippen molar-refractivity contribution in [2.75, 3.05) is 5.32 Å². The molecule has 7 heteroatoms. The van der Waals surface area contributed by atoms with Crippen LogP contribution < -0.4 is 16.6 Å². The van der Waals surface area contributed by atoms with E-state index >= 15 is 0 Å². The average molecular weight is 318 g/mol. The van der Waals surface area contributed by atoms with Gasteiger partial charge in [-0.1, -0.05) is 20.8 Å². The van der Waals surface area contributed by atoms with Crippen LogP contribution in [0.1, 0.15) is 32.8 Å². The highest BCUT2D eigenvalue weighted by Gasteiger charge is 2.20. The summed E-state index contributed by atoms with van der Waals surface area (Å²) in [6, 6.07) is 0. The summed E-state index contributed by atoms with van der Waals surface area (Å²) < 4.78 is 2.32. The number of carbonyl (C=O) groups is 1. The van der Waals surface area contributed by atoms with Crippen LogP contribution in [-0.4, -0.2) is 20.0 Å². The lowest BCUT2D eigenvalue weighted by atomic mass is 9.92. The van der Waals surface area contributed by atoms with Gasteiger partial charge >= 0.3 is 5.69 Å². The van der Waals surface area contributed by atoms with E-state index in [0.29, 0.717) is 17.7 Å². The summed E-state index contributed by atoms with van der Waals surface area (Å²) in [7, 11) is 2.96. The predicted molar refractivity (Wildman–Crippen MR) is 89.7 cm³/mol. The van der Waals surface area contributed by atoms with Crippen LogP contribution in [0.5, 0.6) is 0 Å². The van der Waals surface area contributed by atoms with Crippen LogP contribution in [0.15, 0.2) is 15.8 Å². The Morgan fingerprint density at radius 1 is 1.22 bits per heavy atom. The molecule has 2 aromatic rings. The Kier molecular flexibility index (Phi) is 4.15. The van der Waals surface area contributed by atoms with Gasteiger partial charge in [0.2, 0.25) is 5.91 Å². The quantitative estimate of drug-likeness (QED) is 0.904. The molecule has 0 fully saturated rings. The third kappa shape index (κ3) is 3.18. The molecule has 0 bridgehead atoms. The normalized spacial score (nSPS) is 11.7. The number of nitrogens with one attached hydrogen (secondary N) is 1. The van der Waals surface area contributed by atoms with Crippen molar-refractivity contribution < 1.29 is 4.79 Å². The Labute approximate surface area is 134 Å². The Balaban J connectivity index is 2.69. The molecule has 124 valence electrons. The van der Waals surface area contributed by atoms with E-state index in [-0.39, 0.29) is 22.4 Å². The first kappa shape index (κ1) is 16.9. The molecule has 1 amide bonds. The molecule has 2 heterocycles. The molecule has 0 saturated heterocycles.